The second-order valence-corrected chi connectivity index (χ2v) is 1.62. The van der Waals surface area contributed by atoms with E-state index in [4.69, 9.17) is 11.1 Å². The minimum atomic E-state index is -0.620. The molecule has 0 aliphatic rings. The first-order chi connectivity index (χ1) is 3.55. The fourth-order valence-corrected chi connectivity index (χ4v) is 0.296. The quantitative estimate of drug-likeness (QED) is 0.496. The molecule has 0 radical (unpaired) electrons. The van der Waals surface area contributed by atoms with Crippen molar-refractivity contribution in [2.75, 3.05) is 0 Å². The summed E-state index contributed by atoms with van der Waals surface area (Å²) in [5, 5.41) is 6.72. The van der Waals surface area contributed by atoms with Gasteiger partial charge in [-0.25, -0.2) is 4.39 Å². The zero-order valence-electron chi connectivity index (χ0n) is 4.96. The summed E-state index contributed by atoms with van der Waals surface area (Å²) < 4.78 is 12.2. The Bertz CT molecular complexity index is 133. The lowest BCUT2D eigenvalue weighted by molar-refractivity contribution is 0.664. The third kappa shape index (κ3) is 1.73. The molecule has 0 spiro atoms. The molecule has 3 N–H and O–H groups in total. The van der Waals surface area contributed by atoms with Gasteiger partial charge in [-0.3, -0.25) is 0 Å². The minimum absolute atomic E-state index is 0.0671. The highest BCUT2D eigenvalue weighted by Gasteiger charge is 1.97. The van der Waals surface area contributed by atoms with E-state index in [1.807, 2.05) is 0 Å². The smallest absolute Gasteiger partial charge is 0.161 e. The van der Waals surface area contributed by atoms with Crippen LogP contribution in [0.3, 0.4) is 0 Å². The van der Waals surface area contributed by atoms with Crippen LogP contribution in [0, 0.1) is 5.41 Å². The van der Waals surface area contributed by atoms with Crippen molar-refractivity contribution in [1.29, 1.82) is 5.41 Å². The van der Waals surface area contributed by atoms with Crippen molar-refractivity contribution in [2.24, 2.45) is 5.73 Å². The Morgan fingerprint density at radius 3 is 1.88 bits per heavy atom. The van der Waals surface area contributed by atoms with Gasteiger partial charge in [-0.2, -0.15) is 0 Å². The Labute approximate surface area is 47.7 Å². The third-order valence-corrected chi connectivity index (χ3v) is 0.675. The molecule has 0 unspecified atom stereocenters. The minimum Gasteiger partial charge on any atom is -0.400 e. The van der Waals surface area contributed by atoms with Gasteiger partial charge in [0.2, 0.25) is 0 Å². The topological polar surface area (TPSA) is 49.9 Å². The number of allylic oxidation sites excluding steroid dienone is 2. The van der Waals surface area contributed by atoms with Crippen LogP contribution in [0.25, 0.3) is 0 Å². The molecule has 0 aliphatic carbocycles. The molecule has 0 aromatic heterocycles. The fraction of sp³-hybridized carbons (Fsp3) is 0.400. The van der Waals surface area contributed by atoms with Gasteiger partial charge in [0.25, 0.3) is 0 Å². The van der Waals surface area contributed by atoms with Gasteiger partial charge in [0.1, 0.15) is 0 Å². The predicted molar refractivity (Wildman–Crippen MR) is 31.4 cm³/mol. The summed E-state index contributed by atoms with van der Waals surface area (Å²) >= 11 is 0. The van der Waals surface area contributed by atoms with Crippen molar-refractivity contribution in [2.45, 2.75) is 13.8 Å². The highest BCUT2D eigenvalue weighted by Crippen LogP contribution is 2.00. The monoisotopic (exact) mass is 116 g/mol. The molecule has 46 valence electrons. The molecular formula is C5H9FN2. The van der Waals surface area contributed by atoms with E-state index in [0.717, 1.165) is 0 Å². The highest BCUT2D eigenvalue weighted by atomic mass is 19.1. The van der Waals surface area contributed by atoms with E-state index in [-0.39, 0.29) is 11.4 Å². The summed E-state index contributed by atoms with van der Waals surface area (Å²) in [4.78, 5) is 0. The number of rotatable bonds is 1. The van der Waals surface area contributed by atoms with E-state index in [0.29, 0.717) is 0 Å². The first-order valence-electron chi connectivity index (χ1n) is 2.23. The van der Waals surface area contributed by atoms with Gasteiger partial charge >= 0.3 is 0 Å². The fourth-order valence-electron chi connectivity index (χ4n) is 0.296. The number of hydrogen-bond acceptors (Lipinski definition) is 2. The van der Waals surface area contributed by atoms with Gasteiger partial charge < -0.3 is 11.1 Å². The lowest BCUT2D eigenvalue weighted by Gasteiger charge is -1.92. The lowest BCUT2D eigenvalue weighted by atomic mass is 10.3. The van der Waals surface area contributed by atoms with Crippen LogP contribution in [0.2, 0.25) is 0 Å². The van der Waals surface area contributed by atoms with Gasteiger partial charge in [-0.1, -0.05) is 0 Å². The van der Waals surface area contributed by atoms with Crippen LogP contribution in [0.1, 0.15) is 13.8 Å². The number of halogens is 1. The van der Waals surface area contributed by atoms with Gasteiger partial charge in [0.15, 0.2) is 5.83 Å². The molecule has 0 saturated heterocycles. The van der Waals surface area contributed by atoms with E-state index in [1.165, 1.54) is 13.8 Å². The van der Waals surface area contributed by atoms with Crippen LogP contribution in [-0.4, -0.2) is 5.71 Å². The number of nitrogens with one attached hydrogen (secondary N) is 1. The molecule has 2 nitrogen and oxygen atoms in total. The van der Waals surface area contributed by atoms with Crippen molar-refractivity contribution in [3.8, 4) is 0 Å². The second-order valence-electron chi connectivity index (χ2n) is 1.62. The number of hydrogen-bond donors (Lipinski definition) is 2. The normalized spacial score (nSPS) is 12.9. The highest BCUT2D eigenvalue weighted by molar-refractivity contribution is 5.93. The first-order valence-corrected chi connectivity index (χ1v) is 2.23. The van der Waals surface area contributed by atoms with Crippen LogP contribution in [0.5, 0.6) is 0 Å². The maximum Gasteiger partial charge on any atom is 0.161 e. The average molecular weight is 116 g/mol. The predicted octanol–water partition coefficient (Wildman–Crippen LogP) is 1.19. The molecule has 3 heteroatoms. The summed E-state index contributed by atoms with van der Waals surface area (Å²) in [5.41, 5.74) is 4.95. The average Bonchev–Trinajstić information content (AvgIpc) is 1.64. The molecule has 0 fully saturated rings. The molecule has 0 aromatic carbocycles. The van der Waals surface area contributed by atoms with Crippen molar-refractivity contribution >= 4 is 5.71 Å². The summed E-state index contributed by atoms with van der Waals surface area (Å²) in [7, 11) is 0. The zero-order valence-corrected chi connectivity index (χ0v) is 4.96. The second kappa shape index (κ2) is 2.45. The molecule has 0 saturated carbocycles. The Balaban J connectivity index is 4.23. The molecule has 0 aliphatic heterocycles. The van der Waals surface area contributed by atoms with Crippen LogP contribution in [0.4, 0.5) is 4.39 Å². The van der Waals surface area contributed by atoms with Gasteiger partial charge in [-0.05, 0) is 13.8 Å². The van der Waals surface area contributed by atoms with E-state index >= 15 is 0 Å². The maximum absolute atomic E-state index is 12.2. The van der Waals surface area contributed by atoms with Crippen LogP contribution in [0.15, 0.2) is 11.5 Å². The molecular weight excluding hydrogens is 107 g/mol. The van der Waals surface area contributed by atoms with Crippen molar-refractivity contribution in [3.05, 3.63) is 11.5 Å². The summed E-state index contributed by atoms with van der Waals surface area (Å²) in [6, 6.07) is 0. The van der Waals surface area contributed by atoms with E-state index in [9.17, 15) is 4.39 Å². The third-order valence-electron chi connectivity index (χ3n) is 0.675. The lowest BCUT2D eigenvalue weighted by Crippen LogP contribution is -2.00. The van der Waals surface area contributed by atoms with E-state index in [2.05, 4.69) is 0 Å². The van der Waals surface area contributed by atoms with Gasteiger partial charge in [-0.15, -0.1) is 0 Å². The first kappa shape index (κ1) is 7.14. The summed E-state index contributed by atoms with van der Waals surface area (Å²) in [5.74, 6) is -0.620. The number of nitrogens with two attached hydrogens (primary N) is 1. The Kier molecular flexibility index (Phi) is 2.19. The van der Waals surface area contributed by atoms with Crippen molar-refractivity contribution in [1.82, 2.24) is 0 Å². The van der Waals surface area contributed by atoms with E-state index < -0.39 is 5.83 Å². The summed E-state index contributed by atoms with van der Waals surface area (Å²) in [6.07, 6.45) is 0. The molecule has 8 heavy (non-hydrogen) atoms. The molecule has 0 atom stereocenters. The Morgan fingerprint density at radius 2 is 1.88 bits per heavy atom. The van der Waals surface area contributed by atoms with Crippen LogP contribution < -0.4 is 5.73 Å². The molecule has 0 amide bonds. The van der Waals surface area contributed by atoms with Gasteiger partial charge in [0.05, 0.1) is 5.71 Å². The molecule has 0 heterocycles. The Hall–Kier alpha value is -0.860. The molecule has 0 rings (SSSR count). The standard InChI is InChI=1S/C5H9FN2/c1-3(7)5(6)4(2)8/h7H,8H2,1-2H3/b5-4+,7-3?. The summed E-state index contributed by atoms with van der Waals surface area (Å²) in [6.45, 7) is 2.78. The Morgan fingerprint density at radius 1 is 1.50 bits per heavy atom. The SMILES string of the molecule is CC(=N)/C(F)=C(/C)N. The zero-order chi connectivity index (χ0) is 6.73. The van der Waals surface area contributed by atoms with Crippen LogP contribution >= 0.6 is 0 Å². The maximum atomic E-state index is 12.2. The van der Waals surface area contributed by atoms with Gasteiger partial charge in [0, 0.05) is 5.70 Å². The van der Waals surface area contributed by atoms with E-state index in [1.54, 1.807) is 0 Å². The van der Waals surface area contributed by atoms with Crippen molar-refractivity contribution < 1.29 is 4.39 Å². The molecule has 0 aromatic rings. The van der Waals surface area contributed by atoms with Crippen molar-refractivity contribution in [3.63, 3.8) is 0 Å². The largest absolute Gasteiger partial charge is 0.400 e. The molecule has 0 bridgehead atoms. The van der Waals surface area contributed by atoms with Crippen LogP contribution in [-0.2, 0) is 0 Å².